The molecule has 22 heavy (non-hydrogen) atoms. The van der Waals surface area contributed by atoms with Crippen molar-refractivity contribution in [3.63, 3.8) is 0 Å². The van der Waals surface area contributed by atoms with E-state index in [4.69, 9.17) is 14.7 Å². The second-order valence-electron chi connectivity index (χ2n) is 4.67. The van der Waals surface area contributed by atoms with Gasteiger partial charge in [-0.3, -0.25) is 8.75 Å². The monoisotopic (exact) mass is 447 g/mol. The van der Waals surface area contributed by atoms with Crippen molar-refractivity contribution in [2.75, 3.05) is 18.6 Å². The molecule has 0 bridgehead atoms. The molecule has 1 saturated heterocycles. The molecule has 1 aromatic heterocycles. The highest BCUT2D eigenvalue weighted by molar-refractivity contribution is 14.1. The van der Waals surface area contributed by atoms with Gasteiger partial charge >= 0.3 is 5.69 Å². The number of hydrogen-bond acceptors (Lipinski definition) is 9. The maximum atomic E-state index is 11.9. The van der Waals surface area contributed by atoms with Crippen molar-refractivity contribution in [2.45, 2.75) is 24.5 Å². The number of aliphatic hydroxyl groups is 2. The summed E-state index contributed by atoms with van der Waals surface area (Å²) in [5, 5.41) is 19.5. The van der Waals surface area contributed by atoms with Crippen molar-refractivity contribution >= 4 is 38.5 Å². The molecule has 0 aliphatic carbocycles. The van der Waals surface area contributed by atoms with Crippen LogP contribution in [0.4, 0.5) is 5.82 Å². The van der Waals surface area contributed by atoms with E-state index in [1.54, 1.807) is 0 Å². The fourth-order valence-corrected chi connectivity index (χ4v) is 3.12. The van der Waals surface area contributed by atoms with Crippen LogP contribution in [-0.2, 0) is 19.0 Å². The van der Waals surface area contributed by atoms with Crippen LogP contribution in [0, 0.1) is 3.57 Å². The highest BCUT2D eigenvalue weighted by atomic mass is 127. The lowest BCUT2D eigenvalue weighted by atomic mass is 10.1. The molecule has 0 saturated carbocycles. The molecular formula is C10H14IN3O7S. The first kappa shape index (κ1) is 17.6. The number of nitrogens with two attached hydrogens (primary N) is 1. The standard InChI is InChI=1S/C10H14IN3O7S/c1-22(18,19)21-7-5(3-15)20-9(6(7)16)14-2-4(11)8(12)13-10(14)17/h2,5-7,9,15-16H,3H2,1H3,(H2,12,13,17)/t5-,6-,7+,9-/m1/s1. The smallest absolute Gasteiger partial charge is 0.351 e. The first-order chi connectivity index (χ1) is 10.1. The largest absolute Gasteiger partial charge is 0.394 e. The Hall–Kier alpha value is -0.800. The molecule has 124 valence electrons. The zero-order valence-electron chi connectivity index (χ0n) is 11.3. The molecule has 0 amide bonds. The van der Waals surface area contributed by atoms with Crippen molar-refractivity contribution < 1.29 is 27.6 Å². The molecule has 2 rings (SSSR count). The van der Waals surface area contributed by atoms with Gasteiger partial charge in [-0.2, -0.15) is 13.4 Å². The topological polar surface area (TPSA) is 154 Å². The van der Waals surface area contributed by atoms with E-state index in [0.717, 1.165) is 10.8 Å². The highest BCUT2D eigenvalue weighted by Gasteiger charge is 2.47. The third-order valence-electron chi connectivity index (χ3n) is 2.98. The molecule has 12 heteroatoms. The SMILES string of the molecule is CS(=O)(=O)O[C@@H]1[C@@H](O)[C@H](n2cc(I)c(N)nc2=O)O[C@@H]1CO. The Morgan fingerprint density at radius 3 is 2.77 bits per heavy atom. The van der Waals surface area contributed by atoms with Gasteiger partial charge in [-0.05, 0) is 22.6 Å². The summed E-state index contributed by atoms with van der Waals surface area (Å²) in [6.07, 6.45) is -3.08. The third-order valence-corrected chi connectivity index (χ3v) is 4.39. The summed E-state index contributed by atoms with van der Waals surface area (Å²) >= 11 is 1.84. The lowest BCUT2D eigenvalue weighted by Crippen LogP contribution is -2.39. The number of ether oxygens (including phenoxy) is 1. The van der Waals surface area contributed by atoms with Gasteiger partial charge in [0, 0.05) is 6.20 Å². The Kier molecular flexibility index (Phi) is 5.08. The third kappa shape index (κ3) is 3.57. The molecule has 1 aliphatic rings. The maximum Gasteiger partial charge on any atom is 0.351 e. The molecule has 1 aliphatic heterocycles. The summed E-state index contributed by atoms with van der Waals surface area (Å²) in [7, 11) is -3.89. The van der Waals surface area contributed by atoms with E-state index >= 15 is 0 Å². The Morgan fingerprint density at radius 1 is 1.59 bits per heavy atom. The molecule has 4 atom stereocenters. The molecule has 0 radical (unpaired) electrons. The van der Waals surface area contributed by atoms with Crippen molar-refractivity contribution in [3.05, 3.63) is 20.3 Å². The van der Waals surface area contributed by atoms with Crippen LogP contribution < -0.4 is 11.4 Å². The van der Waals surface area contributed by atoms with E-state index in [-0.39, 0.29) is 5.82 Å². The summed E-state index contributed by atoms with van der Waals surface area (Å²) in [5.74, 6) is 0.0250. The second kappa shape index (κ2) is 6.37. The summed E-state index contributed by atoms with van der Waals surface area (Å²) in [5.41, 5.74) is 4.73. The molecule has 0 aromatic carbocycles. The predicted octanol–water partition coefficient (Wildman–Crippen LogP) is -1.97. The number of nitrogens with zero attached hydrogens (tertiary/aromatic N) is 2. The van der Waals surface area contributed by atoms with Gasteiger partial charge in [0.1, 0.15) is 24.1 Å². The average Bonchev–Trinajstić information content (AvgIpc) is 2.69. The molecule has 1 fully saturated rings. The van der Waals surface area contributed by atoms with Gasteiger partial charge < -0.3 is 20.7 Å². The summed E-state index contributed by atoms with van der Waals surface area (Å²) in [4.78, 5) is 15.4. The minimum atomic E-state index is -3.89. The number of rotatable bonds is 4. The van der Waals surface area contributed by atoms with Crippen LogP contribution in [-0.4, -0.2) is 59.4 Å². The predicted molar refractivity (Wildman–Crippen MR) is 82.3 cm³/mol. The summed E-state index contributed by atoms with van der Waals surface area (Å²) in [6.45, 7) is -0.595. The van der Waals surface area contributed by atoms with Crippen LogP contribution in [0.2, 0.25) is 0 Å². The zero-order valence-corrected chi connectivity index (χ0v) is 14.3. The minimum Gasteiger partial charge on any atom is -0.394 e. The quantitative estimate of drug-likeness (QED) is 0.352. The van der Waals surface area contributed by atoms with Crippen LogP contribution >= 0.6 is 22.6 Å². The number of aromatic nitrogens is 2. The fraction of sp³-hybridized carbons (Fsp3) is 0.600. The van der Waals surface area contributed by atoms with E-state index in [1.807, 2.05) is 22.6 Å². The maximum absolute atomic E-state index is 11.9. The van der Waals surface area contributed by atoms with Crippen LogP contribution in [0.1, 0.15) is 6.23 Å². The number of hydrogen-bond donors (Lipinski definition) is 3. The van der Waals surface area contributed by atoms with E-state index < -0.39 is 47.0 Å². The van der Waals surface area contributed by atoms with E-state index in [2.05, 4.69) is 4.98 Å². The van der Waals surface area contributed by atoms with Gasteiger partial charge in [0.05, 0.1) is 16.4 Å². The zero-order chi connectivity index (χ0) is 16.7. The number of anilines is 1. The Morgan fingerprint density at radius 2 is 2.23 bits per heavy atom. The Balaban J connectivity index is 2.38. The van der Waals surface area contributed by atoms with Crippen LogP contribution in [0.3, 0.4) is 0 Å². The van der Waals surface area contributed by atoms with Gasteiger partial charge in [-0.25, -0.2) is 4.79 Å². The normalized spacial score (nSPS) is 28.9. The summed E-state index contributed by atoms with van der Waals surface area (Å²) < 4.78 is 34.0. The van der Waals surface area contributed by atoms with Gasteiger partial charge in [-0.1, -0.05) is 0 Å². The minimum absolute atomic E-state index is 0.0250. The molecular weight excluding hydrogens is 433 g/mol. The Bertz CT molecular complexity index is 722. The van der Waals surface area contributed by atoms with Gasteiger partial charge in [0.15, 0.2) is 6.23 Å². The van der Waals surface area contributed by atoms with E-state index in [9.17, 15) is 23.4 Å². The molecule has 0 spiro atoms. The molecule has 10 nitrogen and oxygen atoms in total. The van der Waals surface area contributed by atoms with Crippen LogP contribution in [0.15, 0.2) is 11.0 Å². The number of aliphatic hydroxyl groups excluding tert-OH is 2. The highest BCUT2D eigenvalue weighted by Crippen LogP contribution is 2.31. The van der Waals surface area contributed by atoms with Gasteiger partial charge in [-0.15, -0.1) is 0 Å². The van der Waals surface area contributed by atoms with Gasteiger partial charge in [0.25, 0.3) is 10.1 Å². The molecule has 4 N–H and O–H groups in total. The molecule has 0 unspecified atom stereocenters. The molecule has 2 heterocycles. The van der Waals surface area contributed by atoms with Crippen molar-refractivity contribution in [2.24, 2.45) is 0 Å². The fourth-order valence-electron chi connectivity index (χ4n) is 2.06. The first-order valence-electron chi connectivity index (χ1n) is 6.01. The summed E-state index contributed by atoms with van der Waals surface area (Å²) in [6, 6.07) is 0. The lowest BCUT2D eigenvalue weighted by Gasteiger charge is -2.19. The number of halogens is 1. The van der Waals surface area contributed by atoms with Crippen molar-refractivity contribution in [1.29, 1.82) is 0 Å². The molecule has 1 aromatic rings. The van der Waals surface area contributed by atoms with Crippen molar-refractivity contribution in [1.82, 2.24) is 9.55 Å². The van der Waals surface area contributed by atoms with Crippen LogP contribution in [0.25, 0.3) is 0 Å². The Labute approximate surface area is 139 Å². The van der Waals surface area contributed by atoms with Crippen LogP contribution in [0.5, 0.6) is 0 Å². The second-order valence-corrected chi connectivity index (χ2v) is 7.43. The lowest BCUT2D eigenvalue weighted by molar-refractivity contribution is -0.0543. The van der Waals surface area contributed by atoms with E-state index in [0.29, 0.717) is 3.57 Å². The van der Waals surface area contributed by atoms with E-state index in [1.165, 1.54) is 6.20 Å². The average molecular weight is 447 g/mol. The van der Waals surface area contributed by atoms with Gasteiger partial charge in [0.2, 0.25) is 0 Å². The van der Waals surface area contributed by atoms with Crippen molar-refractivity contribution in [3.8, 4) is 0 Å². The number of nitrogen functional groups attached to an aromatic ring is 1. The first-order valence-corrected chi connectivity index (χ1v) is 8.90.